The number of fused-ring (bicyclic) bond motifs is 1. The Labute approximate surface area is 271 Å². The van der Waals surface area contributed by atoms with E-state index in [9.17, 15) is 9.90 Å². The van der Waals surface area contributed by atoms with E-state index in [2.05, 4.69) is 59.9 Å². The van der Waals surface area contributed by atoms with Crippen LogP contribution in [0.1, 0.15) is 67.5 Å². The summed E-state index contributed by atoms with van der Waals surface area (Å²) >= 11 is 0. The molecule has 0 spiro atoms. The maximum absolute atomic E-state index is 13.7. The molecule has 0 bridgehead atoms. The number of imidazole rings is 1. The topological polar surface area (TPSA) is 108 Å². The van der Waals surface area contributed by atoms with Gasteiger partial charge in [0.05, 0.1) is 28.5 Å². The molecule has 3 aromatic heterocycles. The molecule has 1 saturated carbocycles. The van der Waals surface area contributed by atoms with Crippen LogP contribution in [-0.2, 0) is 7.05 Å². The van der Waals surface area contributed by atoms with Gasteiger partial charge in [-0.2, -0.15) is 5.10 Å². The number of carbonyl (C=O) groups is 1. The van der Waals surface area contributed by atoms with Crippen molar-refractivity contribution in [3.63, 3.8) is 0 Å². The van der Waals surface area contributed by atoms with Gasteiger partial charge in [-0.05, 0) is 89.8 Å². The van der Waals surface area contributed by atoms with Crippen LogP contribution in [0.25, 0.3) is 22.3 Å². The minimum absolute atomic E-state index is 0.129. The number of rotatable bonds is 6. The molecule has 11 heteroatoms. The molecule has 2 saturated heterocycles. The fourth-order valence-corrected chi connectivity index (χ4v) is 7.54. The number of nitrogens with zero attached hydrogens (tertiary/aromatic N) is 8. The molecule has 46 heavy (non-hydrogen) atoms. The van der Waals surface area contributed by atoms with Crippen molar-refractivity contribution >= 4 is 28.6 Å². The van der Waals surface area contributed by atoms with Gasteiger partial charge in [0, 0.05) is 87.1 Å². The summed E-state index contributed by atoms with van der Waals surface area (Å²) in [6, 6.07) is 10.9. The fourth-order valence-electron chi connectivity index (χ4n) is 7.54. The van der Waals surface area contributed by atoms with Crippen molar-refractivity contribution in [2.24, 2.45) is 7.05 Å². The standard InChI is InChI=1S/C35H47N9O2/c1-24-29(23-37-41(24)4)31-21-25(9-14-36-31)33(45)39-34-38-30-6-5-28(22-32(30)44(34)27-7-12-35(2,46)13-8-27)42-15-10-26(11-16-42)43-19-17-40(3)18-20-43/h5-6,9,14,21-23,26-27,46H,7-8,10-13,15-20H2,1-4H3,(H,38,39,45)/t27-,35+. The van der Waals surface area contributed by atoms with Crippen LogP contribution < -0.4 is 10.2 Å². The molecule has 11 nitrogen and oxygen atoms in total. The molecule has 1 aliphatic carbocycles. The lowest BCUT2D eigenvalue weighted by Gasteiger charge is -2.42. The third-order valence-corrected chi connectivity index (χ3v) is 10.7. The molecular weight excluding hydrogens is 578 g/mol. The highest BCUT2D eigenvalue weighted by Gasteiger charge is 2.32. The van der Waals surface area contributed by atoms with Gasteiger partial charge in [-0.3, -0.25) is 24.7 Å². The number of pyridine rings is 1. The number of benzene rings is 1. The molecule has 5 heterocycles. The largest absolute Gasteiger partial charge is 0.390 e. The van der Waals surface area contributed by atoms with Gasteiger partial charge in [-0.15, -0.1) is 0 Å². The summed E-state index contributed by atoms with van der Waals surface area (Å²) in [6.07, 6.45) is 8.86. The number of amides is 1. The van der Waals surface area contributed by atoms with E-state index in [0.717, 1.165) is 61.3 Å². The smallest absolute Gasteiger partial charge is 0.258 e. The lowest BCUT2D eigenvalue weighted by molar-refractivity contribution is 0.0106. The fraction of sp³-hybridized carbons (Fsp3) is 0.543. The van der Waals surface area contributed by atoms with Gasteiger partial charge in [0.2, 0.25) is 5.95 Å². The Bertz CT molecular complexity index is 1700. The summed E-state index contributed by atoms with van der Waals surface area (Å²) in [5.74, 6) is 0.323. The van der Waals surface area contributed by atoms with E-state index >= 15 is 0 Å². The van der Waals surface area contributed by atoms with Crippen LogP contribution in [0.15, 0.2) is 42.7 Å². The van der Waals surface area contributed by atoms with Crippen molar-refractivity contribution in [3.8, 4) is 11.3 Å². The maximum atomic E-state index is 13.7. The Hall–Kier alpha value is -3.80. The Morgan fingerprint density at radius 2 is 1.70 bits per heavy atom. The van der Waals surface area contributed by atoms with Crippen molar-refractivity contribution in [1.29, 1.82) is 0 Å². The summed E-state index contributed by atoms with van der Waals surface area (Å²) in [7, 11) is 4.11. The Kier molecular flexibility index (Phi) is 8.33. The molecule has 1 aromatic carbocycles. The summed E-state index contributed by atoms with van der Waals surface area (Å²) in [6.45, 7) is 10.6. The van der Waals surface area contributed by atoms with Gasteiger partial charge >= 0.3 is 0 Å². The first-order chi connectivity index (χ1) is 22.1. The highest BCUT2D eigenvalue weighted by atomic mass is 16.3. The average molecular weight is 626 g/mol. The molecule has 1 amide bonds. The predicted octanol–water partition coefficient (Wildman–Crippen LogP) is 4.47. The second-order valence-electron chi connectivity index (χ2n) is 13.9. The van der Waals surface area contributed by atoms with Crippen LogP contribution in [0.5, 0.6) is 0 Å². The first kappa shape index (κ1) is 30.8. The van der Waals surface area contributed by atoms with E-state index < -0.39 is 5.60 Å². The lowest BCUT2D eigenvalue weighted by atomic mass is 9.83. The normalized spacial score (nSPS) is 23.7. The molecule has 3 aliphatic rings. The van der Waals surface area contributed by atoms with Gasteiger partial charge in [-0.25, -0.2) is 4.98 Å². The number of aryl methyl sites for hydroxylation is 1. The number of piperidine rings is 1. The Morgan fingerprint density at radius 1 is 0.957 bits per heavy atom. The predicted molar refractivity (Wildman–Crippen MR) is 181 cm³/mol. The molecule has 3 fully saturated rings. The van der Waals surface area contributed by atoms with E-state index in [1.165, 1.54) is 31.6 Å². The lowest BCUT2D eigenvalue weighted by Crippen LogP contribution is -2.52. The summed E-state index contributed by atoms with van der Waals surface area (Å²) < 4.78 is 4.02. The van der Waals surface area contributed by atoms with E-state index in [-0.39, 0.29) is 11.9 Å². The number of hydrogen-bond acceptors (Lipinski definition) is 8. The zero-order chi connectivity index (χ0) is 32.0. The van der Waals surface area contributed by atoms with E-state index in [1.54, 1.807) is 23.1 Å². The van der Waals surface area contributed by atoms with Crippen LogP contribution in [0.2, 0.25) is 0 Å². The zero-order valence-electron chi connectivity index (χ0n) is 27.6. The van der Waals surface area contributed by atoms with Crippen molar-refractivity contribution in [3.05, 3.63) is 54.0 Å². The van der Waals surface area contributed by atoms with Crippen molar-refractivity contribution in [2.75, 3.05) is 56.5 Å². The minimum atomic E-state index is -0.659. The third kappa shape index (κ3) is 6.15. The van der Waals surface area contributed by atoms with E-state index in [4.69, 9.17) is 4.98 Å². The molecule has 0 radical (unpaired) electrons. The molecule has 2 N–H and O–H groups in total. The van der Waals surface area contributed by atoms with Crippen molar-refractivity contribution in [2.45, 2.75) is 70.1 Å². The van der Waals surface area contributed by atoms with Crippen molar-refractivity contribution < 1.29 is 9.90 Å². The number of aromatic nitrogens is 5. The van der Waals surface area contributed by atoms with Crippen LogP contribution in [0.3, 0.4) is 0 Å². The van der Waals surface area contributed by atoms with Crippen LogP contribution >= 0.6 is 0 Å². The minimum Gasteiger partial charge on any atom is -0.390 e. The Morgan fingerprint density at radius 3 is 2.39 bits per heavy atom. The van der Waals surface area contributed by atoms with Crippen LogP contribution in [0, 0.1) is 6.92 Å². The number of likely N-dealkylation sites (N-methyl/N-ethyl adjacent to an activating group) is 1. The Balaban J connectivity index is 1.15. The van der Waals surface area contributed by atoms with Gasteiger partial charge in [0.1, 0.15) is 0 Å². The highest BCUT2D eigenvalue weighted by Crippen LogP contribution is 2.39. The molecule has 7 rings (SSSR count). The number of aliphatic hydroxyl groups is 1. The van der Waals surface area contributed by atoms with Crippen LogP contribution in [-0.4, -0.2) is 103 Å². The second kappa shape index (κ2) is 12.4. The van der Waals surface area contributed by atoms with Crippen molar-refractivity contribution in [1.82, 2.24) is 34.1 Å². The number of anilines is 2. The molecule has 244 valence electrons. The number of piperazine rings is 1. The number of hydrogen-bond donors (Lipinski definition) is 2. The van der Waals surface area contributed by atoms with Gasteiger partial charge in [0.15, 0.2) is 0 Å². The SMILES string of the molecule is Cc1c(-c2cc(C(=O)Nc3nc4ccc(N5CCC(N6CCN(C)CC6)CC5)cc4n3[C@H]3CC[C@@](C)(O)CC3)ccn2)cnn1C. The quantitative estimate of drug-likeness (QED) is 0.323. The first-order valence-electron chi connectivity index (χ1n) is 16.8. The second-order valence-corrected chi connectivity index (χ2v) is 13.9. The number of carbonyl (C=O) groups excluding carboxylic acids is 1. The molecular formula is C35H47N9O2. The van der Waals surface area contributed by atoms with Gasteiger partial charge < -0.3 is 19.5 Å². The third-order valence-electron chi connectivity index (χ3n) is 10.7. The summed E-state index contributed by atoms with van der Waals surface area (Å²) in [5.41, 5.74) is 5.56. The van der Waals surface area contributed by atoms with Crippen LogP contribution in [0.4, 0.5) is 11.6 Å². The maximum Gasteiger partial charge on any atom is 0.258 e. The molecule has 2 aliphatic heterocycles. The molecule has 4 aromatic rings. The average Bonchev–Trinajstić information content (AvgIpc) is 3.59. The first-order valence-corrected chi connectivity index (χ1v) is 16.8. The highest BCUT2D eigenvalue weighted by molar-refractivity contribution is 6.04. The summed E-state index contributed by atoms with van der Waals surface area (Å²) in [4.78, 5) is 30.8. The monoisotopic (exact) mass is 625 g/mol. The number of nitrogens with one attached hydrogen (secondary N) is 1. The molecule has 0 atom stereocenters. The zero-order valence-corrected chi connectivity index (χ0v) is 27.6. The molecule has 0 unspecified atom stereocenters. The van der Waals surface area contributed by atoms with E-state index in [1.807, 2.05) is 27.0 Å². The summed E-state index contributed by atoms with van der Waals surface area (Å²) in [5, 5.41) is 18.2. The van der Waals surface area contributed by atoms with Gasteiger partial charge in [0.25, 0.3) is 5.91 Å². The van der Waals surface area contributed by atoms with Gasteiger partial charge in [-0.1, -0.05) is 0 Å². The van der Waals surface area contributed by atoms with E-state index in [0.29, 0.717) is 36.1 Å².